The molecule has 2 aliphatic heterocycles. The highest BCUT2D eigenvalue weighted by molar-refractivity contribution is 5.98. The molecule has 0 saturated carbocycles. The van der Waals surface area contributed by atoms with E-state index in [1.165, 1.54) is 0 Å². The second kappa shape index (κ2) is 7.78. The molecule has 0 aromatic heterocycles. The average Bonchev–Trinajstić information content (AvgIpc) is 2.60. The standard InChI is InChI=1S/C19H23F3N2O2/c1-11-8-13(2-5-23-11)19(26)24-6-3-12(4-7-24)18(25)17-15(21)9-14(20)10-16(17)22/h9-13,23H,2-8H2,1H3/t11-,13-/m0/s1. The first-order valence-electron chi connectivity index (χ1n) is 9.07. The smallest absolute Gasteiger partial charge is 0.225 e. The highest BCUT2D eigenvalue weighted by atomic mass is 19.1. The van der Waals surface area contributed by atoms with Crippen LogP contribution in [0.5, 0.6) is 0 Å². The van der Waals surface area contributed by atoms with Crippen LogP contribution in [-0.4, -0.2) is 42.3 Å². The first-order valence-corrected chi connectivity index (χ1v) is 9.07. The van der Waals surface area contributed by atoms with E-state index in [1.807, 2.05) is 0 Å². The van der Waals surface area contributed by atoms with E-state index in [0.717, 1.165) is 19.4 Å². The molecule has 1 aromatic rings. The molecule has 2 aliphatic rings. The second-order valence-electron chi connectivity index (χ2n) is 7.28. The largest absolute Gasteiger partial charge is 0.342 e. The monoisotopic (exact) mass is 368 g/mol. The molecular weight excluding hydrogens is 345 g/mol. The maximum atomic E-state index is 13.8. The lowest BCUT2D eigenvalue weighted by molar-refractivity contribution is -0.138. The Morgan fingerprint density at radius 2 is 1.65 bits per heavy atom. The maximum Gasteiger partial charge on any atom is 0.225 e. The quantitative estimate of drug-likeness (QED) is 0.835. The molecule has 0 aliphatic carbocycles. The number of Topliss-reactive ketones (excluding diaryl/α,β-unsaturated/α-hetero) is 1. The third-order valence-electron chi connectivity index (χ3n) is 5.40. The van der Waals surface area contributed by atoms with Gasteiger partial charge in [-0.25, -0.2) is 13.2 Å². The minimum Gasteiger partial charge on any atom is -0.342 e. The Kier molecular flexibility index (Phi) is 5.65. The Balaban J connectivity index is 1.62. The molecule has 142 valence electrons. The molecule has 0 radical (unpaired) electrons. The fourth-order valence-corrected chi connectivity index (χ4v) is 3.96. The minimum absolute atomic E-state index is 0.00881. The number of nitrogens with one attached hydrogen (secondary N) is 1. The molecular formula is C19H23F3N2O2. The Hall–Kier alpha value is -1.89. The molecule has 26 heavy (non-hydrogen) atoms. The van der Waals surface area contributed by atoms with Crippen LogP contribution in [0.4, 0.5) is 13.2 Å². The number of hydrogen-bond donors (Lipinski definition) is 1. The number of carbonyl (C=O) groups is 2. The van der Waals surface area contributed by atoms with E-state index >= 15 is 0 Å². The van der Waals surface area contributed by atoms with E-state index < -0.39 is 34.7 Å². The van der Waals surface area contributed by atoms with Gasteiger partial charge in [0.15, 0.2) is 5.78 Å². The summed E-state index contributed by atoms with van der Waals surface area (Å²) >= 11 is 0. The van der Waals surface area contributed by atoms with E-state index in [0.29, 0.717) is 44.1 Å². The van der Waals surface area contributed by atoms with Crippen molar-refractivity contribution < 1.29 is 22.8 Å². The Bertz CT molecular complexity index is 679. The van der Waals surface area contributed by atoms with Crippen molar-refractivity contribution in [1.82, 2.24) is 10.2 Å². The third kappa shape index (κ3) is 3.92. The van der Waals surface area contributed by atoms with E-state index in [4.69, 9.17) is 0 Å². The number of ketones is 1. The highest BCUT2D eigenvalue weighted by Gasteiger charge is 2.34. The van der Waals surface area contributed by atoms with Crippen molar-refractivity contribution in [2.24, 2.45) is 11.8 Å². The van der Waals surface area contributed by atoms with Crippen molar-refractivity contribution in [3.8, 4) is 0 Å². The molecule has 1 aromatic carbocycles. The van der Waals surface area contributed by atoms with Gasteiger partial charge >= 0.3 is 0 Å². The Morgan fingerprint density at radius 1 is 1.04 bits per heavy atom. The minimum atomic E-state index is -1.17. The van der Waals surface area contributed by atoms with Gasteiger partial charge in [0, 0.05) is 43.1 Å². The van der Waals surface area contributed by atoms with E-state index in [-0.39, 0.29) is 11.8 Å². The van der Waals surface area contributed by atoms with Crippen LogP contribution in [0.3, 0.4) is 0 Å². The van der Waals surface area contributed by atoms with Crippen LogP contribution >= 0.6 is 0 Å². The number of halogens is 3. The van der Waals surface area contributed by atoms with Gasteiger partial charge in [-0.15, -0.1) is 0 Å². The number of carbonyl (C=O) groups excluding carboxylic acids is 2. The molecule has 7 heteroatoms. The zero-order valence-corrected chi connectivity index (χ0v) is 14.7. The first-order chi connectivity index (χ1) is 12.4. The highest BCUT2D eigenvalue weighted by Crippen LogP contribution is 2.27. The predicted octanol–water partition coefficient (Wildman–Crippen LogP) is 2.91. The van der Waals surface area contributed by atoms with E-state index in [2.05, 4.69) is 12.2 Å². The number of rotatable bonds is 3. The van der Waals surface area contributed by atoms with Crippen LogP contribution in [0.2, 0.25) is 0 Å². The van der Waals surface area contributed by atoms with Gasteiger partial charge in [-0.3, -0.25) is 9.59 Å². The lowest BCUT2D eigenvalue weighted by Gasteiger charge is -2.36. The van der Waals surface area contributed by atoms with Gasteiger partial charge in [0.25, 0.3) is 0 Å². The third-order valence-corrected chi connectivity index (χ3v) is 5.40. The number of benzene rings is 1. The zero-order chi connectivity index (χ0) is 18.8. The summed E-state index contributed by atoms with van der Waals surface area (Å²) < 4.78 is 40.7. The van der Waals surface area contributed by atoms with Crippen molar-refractivity contribution >= 4 is 11.7 Å². The van der Waals surface area contributed by atoms with Gasteiger partial charge in [0.2, 0.25) is 5.91 Å². The average molecular weight is 368 g/mol. The van der Waals surface area contributed by atoms with E-state index in [1.54, 1.807) is 4.90 Å². The SMILES string of the molecule is C[C@H]1C[C@@H](C(=O)N2CCC(C(=O)c3c(F)cc(F)cc3F)CC2)CCN1. The first kappa shape index (κ1) is 18.9. The molecule has 0 spiro atoms. The van der Waals surface area contributed by atoms with Gasteiger partial charge in [-0.05, 0) is 39.2 Å². The molecule has 2 saturated heterocycles. The van der Waals surface area contributed by atoms with Crippen LogP contribution in [0.15, 0.2) is 12.1 Å². The van der Waals surface area contributed by atoms with Gasteiger partial charge < -0.3 is 10.2 Å². The lowest BCUT2D eigenvalue weighted by Crippen LogP contribution is -2.47. The maximum absolute atomic E-state index is 13.8. The summed E-state index contributed by atoms with van der Waals surface area (Å²) in [6, 6.07) is 1.35. The fourth-order valence-electron chi connectivity index (χ4n) is 3.96. The van der Waals surface area contributed by atoms with Crippen LogP contribution in [0.1, 0.15) is 43.0 Å². The summed E-state index contributed by atoms with van der Waals surface area (Å²) in [7, 11) is 0. The van der Waals surface area contributed by atoms with Gasteiger partial charge in [-0.2, -0.15) is 0 Å². The van der Waals surface area contributed by atoms with Crippen molar-refractivity contribution in [1.29, 1.82) is 0 Å². The van der Waals surface area contributed by atoms with E-state index in [9.17, 15) is 22.8 Å². The van der Waals surface area contributed by atoms with Crippen LogP contribution in [0, 0.1) is 29.3 Å². The summed E-state index contributed by atoms with van der Waals surface area (Å²) in [6.45, 7) is 3.67. The normalized spacial score (nSPS) is 24.5. The molecule has 2 heterocycles. The molecule has 1 amide bonds. The molecule has 4 nitrogen and oxygen atoms in total. The summed E-state index contributed by atoms with van der Waals surface area (Å²) in [6.07, 6.45) is 2.32. The summed E-state index contributed by atoms with van der Waals surface area (Å²) in [5, 5.41) is 3.31. The number of piperidine rings is 2. The summed E-state index contributed by atoms with van der Waals surface area (Å²) in [4.78, 5) is 26.9. The van der Waals surface area contributed by atoms with Crippen molar-refractivity contribution in [2.75, 3.05) is 19.6 Å². The van der Waals surface area contributed by atoms with Crippen molar-refractivity contribution in [3.05, 3.63) is 35.1 Å². The number of likely N-dealkylation sites (tertiary alicyclic amines) is 1. The molecule has 2 atom stereocenters. The molecule has 3 rings (SSSR count). The second-order valence-corrected chi connectivity index (χ2v) is 7.28. The van der Waals surface area contributed by atoms with Gasteiger partial charge in [0.1, 0.15) is 17.5 Å². The predicted molar refractivity (Wildman–Crippen MR) is 90.1 cm³/mol. The number of nitrogens with zero attached hydrogens (tertiary/aromatic N) is 1. The summed E-state index contributed by atoms with van der Waals surface area (Å²) in [5.41, 5.74) is -0.677. The Labute approximate surface area is 150 Å². The molecule has 2 fully saturated rings. The molecule has 1 N–H and O–H groups in total. The molecule has 0 bridgehead atoms. The van der Waals surface area contributed by atoms with Crippen molar-refractivity contribution in [3.63, 3.8) is 0 Å². The van der Waals surface area contributed by atoms with Crippen LogP contribution in [-0.2, 0) is 4.79 Å². The van der Waals surface area contributed by atoms with Crippen molar-refractivity contribution in [2.45, 2.75) is 38.6 Å². The summed E-state index contributed by atoms with van der Waals surface area (Å²) in [5.74, 6) is -4.51. The fraction of sp³-hybridized carbons (Fsp3) is 0.579. The Morgan fingerprint density at radius 3 is 2.23 bits per heavy atom. The van der Waals surface area contributed by atoms with Crippen LogP contribution in [0.25, 0.3) is 0 Å². The van der Waals surface area contributed by atoms with Crippen LogP contribution < -0.4 is 5.32 Å². The molecule has 0 unspecified atom stereocenters. The zero-order valence-electron chi connectivity index (χ0n) is 14.7. The number of amides is 1. The van der Waals surface area contributed by atoms with Gasteiger partial charge in [-0.1, -0.05) is 0 Å². The van der Waals surface area contributed by atoms with Gasteiger partial charge in [0.05, 0.1) is 5.56 Å². The lowest BCUT2D eigenvalue weighted by atomic mass is 9.86. The number of hydrogen-bond acceptors (Lipinski definition) is 3. The topological polar surface area (TPSA) is 49.4 Å².